The summed E-state index contributed by atoms with van der Waals surface area (Å²) < 4.78 is 20.0. The highest BCUT2D eigenvalue weighted by Crippen LogP contribution is 2.25. The molecule has 2 aliphatic heterocycles. The van der Waals surface area contributed by atoms with Gasteiger partial charge in [-0.25, -0.2) is 14.4 Å². The van der Waals surface area contributed by atoms with E-state index in [1.165, 1.54) is 12.1 Å². The predicted molar refractivity (Wildman–Crippen MR) is 114 cm³/mol. The second kappa shape index (κ2) is 8.55. The van der Waals surface area contributed by atoms with Gasteiger partial charge in [-0.2, -0.15) is 0 Å². The summed E-state index contributed by atoms with van der Waals surface area (Å²) in [6, 6.07) is 2.65. The van der Waals surface area contributed by atoms with Crippen LogP contribution in [0.5, 0.6) is 0 Å². The Bertz CT molecular complexity index is 932. The van der Waals surface area contributed by atoms with Crippen molar-refractivity contribution in [3.05, 3.63) is 34.9 Å². The van der Waals surface area contributed by atoms with E-state index in [4.69, 9.17) is 4.74 Å². The average Bonchev–Trinajstić information content (AvgIpc) is 2.68. The van der Waals surface area contributed by atoms with E-state index in [2.05, 4.69) is 28.7 Å². The van der Waals surface area contributed by atoms with Crippen molar-refractivity contribution >= 4 is 16.9 Å². The van der Waals surface area contributed by atoms with Crippen LogP contribution >= 0.6 is 0 Å². The smallest absolute Gasteiger partial charge is 0.256 e. The SMILES string of the molecule is Cc1nc2cc(F)cc(C(=O)N3CCC(CN4CC(C)OC(C)C4)CC3)c2nc1C. The second-order valence-electron chi connectivity index (χ2n) is 8.93. The number of fused-ring (bicyclic) bond motifs is 1. The summed E-state index contributed by atoms with van der Waals surface area (Å²) in [7, 11) is 0. The zero-order valence-corrected chi connectivity index (χ0v) is 18.3. The lowest BCUT2D eigenvalue weighted by Gasteiger charge is -2.39. The van der Waals surface area contributed by atoms with Crippen LogP contribution in [0.2, 0.25) is 0 Å². The number of aromatic nitrogens is 2. The molecule has 2 atom stereocenters. The van der Waals surface area contributed by atoms with Crippen molar-refractivity contribution in [2.75, 3.05) is 32.7 Å². The van der Waals surface area contributed by atoms with Gasteiger partial charge in [-0.3, -0.25) is 9.69 Å². The van der Waals surface area contributed by atoms with Gasteiger partial charge in [-0.05, 0) is 52.5 Å². The monoisotopic (exact) mass is 414 g/mol. The molecule has 7 heteroatoms. The van der Waals surface area contributed by atoms with Crippen LogP contribution in [0.4, 0.5) is 4.39 Å². The number of amides is 1. The van der Waals surface area contributed by atoms with Crippen molar-refractivity contribution < 1.29 is 13.9 Å². The van der Waals surface area contributed by atoms with Crippen LogP contribution in [-0.4, -0.2) is 70.6 Å². The predicted octanol–water partition coefficient (Wildman–Crippen LogP) is 3.35. The molecular formula is C23H31FN4O2. The standard InChI is InChI=1S/C23H31FN4O2/c1-14-11-27(12-15(2)30-14)13-18-5-7-28(8-6-18)23(29)20-9-19(24)10-21-22(20)26-17(4)16(3)25-21/h9-10,14-15,18H,5-8,11-13H2,1-4H3. The third kappa shape index (κ3) is 4.47. The molecule has 0 saturated carbocycles. The molecule has 1 aromatic heterocycles. The van der Waals surface area contributed by atoms with Crippen LogP contribution in [0, 0.1) is 25.6 Å². The number of nitrogens with zero attached hydrogens (tertiary/aromatic N) is 4. The molecule has 2 aromatic rings. The highest BCUT2D eigenvalue weighted by atomic mass is 19.1. The van der Waals surface area contributed by atoms with E-state index in [-0.39, 0.29) is 18.1 Å². The average molecular weight is 415 g/mol. The van der Waals surface area contributed by atoms with Gasteiger partial charge in [-0.1, -0.05) is 0 Å². The summed E-state index contributed by atoms with van der Waals surface area (Å²) in [6.07, 6.45) is 2.46. The zero-order valence-electron chi connectivity index (χ0n) is 18.3. The summed E-state index contributed by atoms with van der Waals surface area (Å²) in [5.74, 6) is -0.0292. The Morgan fingerprint density at radius 3 is 2.40 bits per heavy atom. The quantitative estimate of drug-likeness (QED) is 0.771. The van der Waals surface area contributed by atoms with E-state index >= 15 is 0 Å². The number of morpholine rings is 1. The summed E-state index contributed by atoms with van der Waals surface area (Å²) in [6.45, 7) is 12.3. The number of likely N-dealkylation sites (tertiary alicyclic amines) is 1. The van der Waals surface area contributed by atoms with Crippen LogP contribution in [0.25, 0.3) is 11.0 Å². The fourth-order valence-electron chi connectivity index (χ4n) is 4.75. The first kappa shape index (κ1) is 21.1. The minimum absolute atomic E-state index is 0.149. The van der Waals surface area contributed by atoms with E-state index in [9.17, 15) is 9.18 Å². The first-order chi connectivity index (χ1) is 14.3. The Balaban J connectivity index is 1.44. The Labute approximate surface area is 177 Å². The number of ether oxygens (including phenoxy) is 1. The number of halogens is 1. The Hall–Kier alpha value is -2.12. The lowest BCUT2D eigenvalue weighted by Crippen LogP contribution is -2.48. The molecule has 2 saturated heterocycles. The van der Waals surface area contributed by atoms with Gasteiger partial charge in [0.15, 0.2) is 0 Å². The Morgan fingerprint density at radius 2 is 1.73 bits per heavy atom. The van der Waals surface area contributed by atoms with E-state index in [0.717, 1.165) is 43.9 Å². The van der Waals surface area contributed by atoms with Gasteiger partial charge in [-0.15, -0.1) is 0 Å². The van der Waals surface area contributed by atoms with Gasteiger partial charge in [0.05, 0.1) is 34.7 Å². The van der Waals surface area contributed by atoms with Crippen LogP contribution in [-0.2, 0) is 4.74 Å². The van der Waals surface area contributed by atoms with Crippen molar-refractivity contribution in [3.8, 4) is 0 Å². The normalized spacial score (nSPS) is 23.8. The lowest BCUT2D eigenvalue weighted by molar-refractivity contribution is -0.0728. The molecule has 30 heavy (non-hydrogen) atoms. The molecule has 0 bridgehead atoms. The van der Waals surface area contributed by atoms with Gasteiger partial charge >= 0.3 is 0 Å². The van der Waals surface area contributed by atoms with Gasteiger partial charge in [0.1, 0.15) is 11.3 Å². The molecule has 1 amide bonds. The molecule has 1 aromatic carbocycles. The first-order valence-electron chi connectivity index (χ1n) is 10.9. The number of carbonyl (C=O) groups is 1. The van der Waals surface area contributed by atoms with Gasteiger partial charge < -0.3 is 9.64 Å². The van der Waals surface area contributed by atoms with Crippen LogP contribution in [0.1, 0.15) is 48.4 Å². The number of carbonyl (C=O) groups excluding carboxylic acids is 1. The molecule has 0 aliphatic carbocycles. The van der Waals surface area contributed by atoms with Crippen molar-refractivity contribution in [1.82, 2.24) is 19.8 Å². The second-order valence-corrected chi connectivity index (χ2v) is 8.93. The summed E-state index contributed by atoms with van der Waals surface area (Å²) >= 11 is 0. The molecule has 2 aliphatic rings. The van der Waals surface area contributed by atoms with E-state index < -0.39 is 5.82 Å². The Morgan fingerprint density at radius 1 is 1.10 bits per heavy atom. The number of benzene rings is 1. The summed E-state index contributed by atoms with van der Waals surface area (Å²) in [5, 5.41) is 0. The topological polar surface area (TPSA) is 58.6 Å². The molecule has 2 fully saturated rings. The molecule has 162 valence electrons. The molecule has 4 rings (SSSR count). The van der Waals surface area contributed by atoms with Gasteiger partial charge in [0.2, 0.25) is 0 Å². The molecule has 6 nitrogen and oxygen atoms in total. The van der Waals surface area contributed by atoms with E-state index in [1.807, 2.05) is 18.7 Å². The molecule has 0 spiro atoms. The van der Waals surface area contributed by atoms with Crippen molar-refractivity contribution in [2.24, 2.45) is 5.92 Å². The van der Waals surface area contributed by atoms with Crippen LogP contribution < -0.4 is 0 Å². The number of hydrogen-bond acceptors (Lipinski definition) is 5. The maximum atomic E-state index is 14.2. The van der Waals surface area contributed by atoms with Crippen molar-refractivity contribution in [3.63, 3.8) is 0 Å². The summed E-state index contributed by atoms with van der Waals surface area (Å²) in [5.41, 5.74) is 2.75. The number of hydrogen-bond donors (Lipinski definition) is 0. The number of piperidine rings is 1. The van der Waals surface area contributed by atoms with Crippen LogP contribution in [0.3, 0.4) is 0 Å². The fraction of sp³-hybridized carbons (Fsp3) is 0.609. The van der Waals surface area contributed by atoms with Gasteiger partial charge in [0, 0.05) is 38.8 Å². The molecular weight excluding hydrogens is 383 g/mol. The van der Waals surface area contributed by atoms with Crippen molar-refractivity contribution in [1.29, 1.82) is 0 Å². The third-order valence-electron chi connectivity index (χ3n) is 6.29. The van der Waals surface area contributed by atoms with E-state index in [1.54, 1.807) is 0 Å². The fourth-order valence-corrected chi connectivity index (χ4v) is 4.75. The number of aryl methyl sites for hydroxylation is 2. The largest absolute Gasteiger partial charge is 0.373 e. The Kier molecular flexibility index (Phi) is 6.02. The highest BCUT2D eigenvalue weighted by Gasteiger charge is 2.29. The third-order valence-corrected chi connectivity index (χ3v) is 6.29. The minimum atomic E-state index is -0.450. The number of rotatable bonds is 3. The molecule has 2 unspecified atom stereocenters. The molecule has 3 heterocycles. The van der Waals surface area contributed by atoms with E-state index in [0.29, 0.717) is 35.6 Å². The first-order valence-corrected chi connectivity index (χ1v) is 10.9. The maximum absolute atomic E-state index is 14.2. The molecule has 0 N–H and O–H groups in total. The van der Waals surface area contributed by atoms with Gasteiger partial charge in [0.25, 0.3) is 5.91 Å². The molecule has 0 radical (unpaired) electrons. The van der Waals surface area contributed by atoms with Crippen molar-refractivity contribution in [2.45, 2.75) is 52.7 Å². The highest BCUT2D eigenvalue weighted by molar-refractivity contribution is 6.04. The summed E-state index contributed by atoms with van der Waals surface area (Å²) in [4.78, 5) is 26.5. The lowest BCUT2D eigenvalue weighted by atomic mass is 9.95. The zero-order chi connectivity index (χ0) is 21.4. The maximum Gasteiger partial charge on any atom is 0.256 e. The minimum Gasteiger partial charge on any atom is -0.373 e. The van der Waals surface area contributed by atoms with Crippen LogP contribution in [0.15, 0.2) is 12.1 Å².